The molecule has 8 nitrogen and oxygen atoms in total. The van der Waals surface area contributed by atoms with Crippen LogP contribution < -0.4 is 15.1 Å². The van der Waals surface area contributed by atoms with Crippen LogP contribution in [0.4, 0.5) is 17.3 Å². The highest BCUT2D eigenvalue weighted by molar-refractivity contribution is 9.10. The van der Waals surface area contributed by atoms with Crippen LogP contribution in [0, 0.1) is 0 Å². The highest BCUT2D eigenvalue weighted by Gasteiger charge is 2.22. The molecule has 3 aromatic rings. The molecule has 0 unspecified atom stereocenters. The van der Waals surface area contributed by atoms with Gasteiger partial charge in [-0.05, 0) is 48.5 Å². The Kier molecular flexibility index (Phi) is 6.13. The maximum absolute atomic E-state index is 12.8. The van der Waals surface area contributed by atoms with Gasteiger partial charge in [-0.1, -0.05) is 15.9 Å². The monoisotopic (exact) mass is 481 g/mol. The third kappa shape index (κ3) is 4.83. The minimum Gasteiger partial charge on any atom is -0.478 e. The molecular weight excluding hydrogens is 462 g/mol. The summed E-state index contributed by atoms with van der Waals surface area (Å²) < 4.78 is 0.873. The molecule has 1 saturated heterocycles. The molecule has 0 radical (unpaired) electrons. The Morgan fingerprint density at radius 1 is 0.903 bits per heavy atom. The molecule has 4 rings (SSSR count). The van der Waals surface area contributed by atoms with Gasteiger partial charge in [-0.3, -0.25) is 4.79 Å². The highest BCUT2D eigenvalue weighted by Crippen LogP contribution is 2.29. The molecule has 1 aliphatic heterocycles. The van der Waals surface area contributed by atoms with Crippen molar-refractivity contribution in [2.75, 3.05) is 41.3 Å². The van der Waals surface area contributed by atoms with Gasteiger partial charge >= 0.3 is 5.97 Å². The van der Waals surface area contributed by atoms with Gasteiger partial charge in [0.1, 0.15) is 0 Å². The lowest BCUT2D eigenvalue weighted by Crippen LogP contribution is -2.47. The van der Waals surface area contributed by atoms with E-state index < -0.39 is 5.97 Å². The number of carbonyl (C=O) groups is 2. The largest absolute Gasteiger partial charge is 0.478 e. The SMILES string of the molecule is O=C(O)c1ccc(N2CCN(c3ncccn3)CC2)c(NC(=O)c2ccc(Br)cc2)c1. The van der Waals surface area contributed by atoms with Crippen molar-refractivity contribution in [3.05, 3.63) is 76.5 Å². The van der Waals surface area contributed by atoms with E-state index in [9.17, 15) is 14.7 Å². The summed E-state index contributed by atoms with van der Waals surface area (Å²) in [6.45, 7) is 2.80. The fraction of sp³-hybridized carbons (Fsp3) is 0.182. The summed E-state index contributed by atoms with van der Waals surface area (Å²) in [7, 11) is 0. The standard InChI is InChI=1S/C22H20BrN5O3/c23-17-5-2-15(3-6-17)20(29)26-18-14-16(21(30)31)4-7-19(18)27-10-12-28(13-11-27)22-24-8-1-9-25-22/h1-9,14H,10-13H2,(H,26,29)(H,30,31). The van der Waals surface area contributed by atoms with Crippen molar-refractivity contribution in [3.63, 3.8) is 0 Å². The minimum atomic E-state index is -1.04. The Bertz CT molecular complexity index is 1080. The number of rotatable bonds is 5. The molecule has 0 spiro atoms. The third-order valence-corrected chi connectivity index (χ3v) is 5.58. The predicted octanol–water partition coefficient (Wildman–Crippen LogP) is 3.52. The lowest BCUT2D eigenvalue weighted by atomic mass is 10.1. The van der Waals surface area contributed by atoms with E-state index >= 15 is 0 Å². The van der Waals surface area contributed by atoms with E-state index in [2.05, 4.69) is 41.0 Å². The molecule has 9 heteroatoms. The van der Waals surface area contributed by atoms with Gasteiger partial charge < -0.3 is 20.2 Å². The second kappa shape index (κ2) is 9.13. The quantitative estimate of drug-likeness (QED) is 0.574. The first-order valence-electron chi connectivity index (χ1n) is 9.72. The Balaban J connectivity index is 1.55. The molecule has 0 bridgehead atoms. The van der Waals surface area contributed by atoms with Crippen LogP contribution in [0.3, 0.4) is 0 Å². The number of halogens is 1. The van der Waals surface area contributed by atoms with E-state index in [0.717, 1.165) is 10.2 Å². The molecule has 158 valence electrons. The summed E-state index contributed by atoms with van der Waals surface area (Å²) in [5.74, 6) is -0.656. The van der Waals surface area contributed by atoms with Crippen molar-refractivity contribution in [1.82, 2.24) is 9.97 Å². The van der Waals surface area contributed by atoms with Crippen LogP contribution in [0.5, 0.6) is 0 Å². The number of carboxylic acid groups (broad SMARTS) is 1. The fourth-order valence-electron chi connectivity index (χ4n) is 3.44. The Morgan fingerprint density at radius 2 is 1.52 bits per heavy atom. The number of amides is 1. The number of hydrogen-bond acceptors (Lipinski definition) is 6. The van der Waals surface area contributed by atoms with Crippen LogP contribution in [-0.2, 0) is 0 Å². The number of piperazine rings is 1. The van der Waals surface area contributed by atoms with Crippen LogP contribution in [0.1, 0.15) is 20.7 Å². The molecular formula is C22H20BrN5O3. The molecule has 31 heavy (non-hydrogen) atoms. The van der Waals surface area contributed by atoms with Gasteiger partial charge in [0.05, 0.1) is 16.9 Å². The van der Waals surface area contributed by atoms with Crippen LogP contribution >= 0.6 is 15.9 Å². The van der Waals surface area contributed by atoms with E-state index in [0.29, 0.717) is 43.4 Å². The fourth-order valence-corrected chi connectivity index (χ4v) is 3.71. The van der Waals surface area contributed by atoms with Crippen molar-refractivity contribution in [3.8, 4) is 0 Å². The topological polar surface area (TPSA) is 98.7 Å². The Hall–Kier alpha value is -3.46. The van der Waals surface area contributed by atoms with Crippen molar-refractivity contribution in [2.24, 2.45) is 0 Å². The first-order valence-corrected chi connectivity index (χ1v) is 10.5. The number of aromatic nitrogens is 2. The summed E-state index contributed by atoms with van der Waals surface area (Å²) in [4.78, 5) is 37.1. The highest BCUT2D eigenvalue weighted by atomic mass is 79.9. The molecule has 0 saturated carbocycles. The molecule has 1 aliphatic rings. The van der Waals surface area contributed by atoms with Crippen LogP contribution in [0.25, 0.3) is 0 Å². The van der Waals surface area contributed by atoms with Crippen LogP contribution in [0.15, 0.2) is 65.4 Å². The molecule has 1 fully saturated rings. The van der Waals surface area contributed by atoms with Crippen LogP contribution in [0.2, 0.25) is 0 Å². The van der Waals surface area contributed by atoms with Crippen molar-refractivity contribution < 1.29 is 14.7 Å². The van der Waals surface area contributed by atoms with Gasteiger partial charge in [0.25, 0.3) is 5.91 Å². The van der Waals surface area contributed by atoms with E-state index in [-0.39, 0.29) is 11.5 Å². The number of aromatic carboxylic acids is 1. The van der Waals surface area contributed by atoms with E-state index in [1.54, 1.807) is 54.9 Å². The first-order chi connectivity index (χ1) is 15.0. The van der Waals surface area contributed by atoms with E-state index in [1.165, 1.54) is 6.07 Å². The number of carbonyl (C=O) groups excluding carboxylic acids is 1. The first kappa shape index (κ1) is 20.8. The van der Waals surface area contributed by atoms with Gasteiger partial charge in [-0.25, -0.2) is 14.8 Å². The summed E-state index contributed by atoms with van der Waals surface area (Å²) in [5, 5.41) is 12.3. The molecule has 1 aromatic heterocycles. The zero-order valence-corrected chi connectivity index (χ0v) is 18.1. The van der Waals surface area contributed by atoms with Gasteiger partial charge in [-0.15, -0.1) is 0 Å². The third-order valence-electron chi connectivity index (χ3n) is 5.05. The van der Waals surface area contributed by atoms with E-state index in [1.807, 2.05) is 0 Å². The lowest BCUT2D eigenvalue weighted by Gasteiger charge is -2.37. The summed E-state index contributed by atoms with van der Waals surface area (Å²) in [6, 6.07) is 13.6. The second-order valence-corrected chi connectivity index (χ2v) is 7.94. The molecule has 0 atom stereocenters. The second-order valence-electron chi connectivity index (χ2n) is 7.02. The van der Waals surface area contributed by atoms with Gasteiger partial charge in [0, 0.05) is 48.6 Å². The molecule has 2 heterocycles. The van der Waals surface area contributed by atoms with Gasteiger partial charge in [-0.2, -0.15) is 0 Å². The van der Waals surface area contributed by atoms with Crippen LogP contribution in [-0.4, -0.2) is 53.1 Å². The number of nitrogens with one attached hydrogen (secondary N) is 1. The van der Waals surface area contributed by atoms with E-state index in [4.69, 9.17) is 0 Å². The number of benzene rings is 2. The Labute approximate surface area is 187 Å². The zero-order valence-electron chi connectivity index (χ0n) is 16.5. The van der Waals surface area contributed by atoms with Crippen molar-refractivity contribution >= 4 is 45.1 Å². The molecule has 2 N–H and O–H groups in total. The molecule has 1 amide bonds. The average Bonchev–Trinajstić information content (AvgIpc) is 2.80. The van der Waals surface area contributed by atoms with Crippen molar-refractivity contribution in [2.45, 2.75) is 0 Å². The molecule has 2 aromatic carbocycles. The van der Waals surface area contributed by atoms with Crippen molar-refractivity contribution in [1.29, 1.82) is 0 Å². The summed E-state index contributed by atoms with van der Waals surface area (Å²) >= 11 is 3.36. The number of anilines is 3. The van der Waals surface area contributed by atoms with Gasteiger partial charge in [0.15, 0.2) is 0 Å². The maximum atomic E-state index is 12.8. The number of nitrogens with zero attached hydrogens (tertiary/aromatic N) is 4. The number of carboxylic acids is 1. The number of hydrogen-bond donors (Lipinski definition) is 2. The Morgan fingerprint density at radius 3 is 2.16 bits per heavy atom. The minimum absolute atomic E-state index is 0.117. The average molecular weight is 482 g/mol. The normalized spacial score (nSPS) is 13.7. The lowest BCUT2D eigenvalue weighted by molar-refractivity contribution is 0.0696. The predicted molar refractivity (Wildman–Crippen MR) is 122 cm³/mol. The summed E-state index contributed by atoms with van der Waals surface area (Å²) in [5.41, 5.74) is 1.86. The smallest absolute Gasteiger partial charge is 0.335 e. The molecule has 0 aliphatic carbocycles. The maximum Gasteiger partial charge on any atom is 0.335 e. The zero-order chi connectivity index (χ0) is 21.8. The van der Waals surface area contributed by atoms with Gasteiger partial charge in [0.2, 0.25) is 5.95 Å². The summed E-state index contributed by atoms with van der Waals surface area (Å²) in [6.07, 6.45) is 3.43.